The second-order valence-corrected chi connectivity index (χ2v) is 12.3. The van der Waals surface area contributed by atoms with Crippen molar-refractivity contribution < 1.29 is 37.3 Å². The fraction of sp³-hybridized carbons (Fsp3) is 0.588. The molecule has 0 saturated carbocycles. The number of carbonyl (C=O) groups excluding carboxylic acids is 2. The van der Waals surface area contributed by atoms with Crippen LogP contribution in [0.15, 0.2) is 70.6 Å². The van der Waals surface area contributed by atoms with Crippen LogP contribution in [0, 0.1) is 17.3 Å². The van der Waals surface area contributed by atoms with Crippen molar-refractivity contribution in [2.75, 3.05) is 19.8 Å². The second-order valence-electron chi connectivity index (χ2n) is 12.3. The molecule has 0 radical (unpaired) electrons. The maximum absolute atomic E-state index is 13.2. The van der Waals surface area contributed by atoms with Gasteiger partial charge in [-0.15, -0.1) is 0 Å². The molecule has 0 aromatic heterocycles. The number of amides is 1. The molecule has 0 aromatic carbocycles. The SMILES string of the molecule is CCOC1(O)C=C2CCC3C(=C2CC1)C=CC(CCOC1=CC=CC(CN(C(=O)C(F)(F)F)C(C)C)=CC1)(C(C)=O)C3C. The van der Waals surface area contributed by atoms with E-state index in [-0.39, 0.29) is 24.2 Å². The van der Waals surface area contributed by atoms with Crippen LogP contribution in [0.4, 0.5) is 13.2 Å². The molecule has 4 unspecified atom stereocenters. The lowest BCUT2D eigenvalue weighted by Crippen LogP contribution is -2.45. The van der Waals surface area contributed by atoms with E-state index in [0.29, 0.717) is 43.8 Å². The minimum atomic E-state index is -4.93. The molecular weight excluding hydrogens is 559 g/mol. The number of hydrogen-bond donors (Lipinski definition) is 1. The predicted octanol–water partition coefficient (Wildman–Crippen LogP) is 6.90. The zero-order chi connectivity index (χ0) is 31.6. The van der Waals surface area contributed by atoms with Crippen molar-refractivity contribution in [2.45, 2.75) is 91.1 Å². The van der Waals surface area contributed by atoms with E-state index in [0.717, 1.165) is 29.7 Å². The van der Waals surface area contributed by atoms with Crippen LogP contribution in [0.25, 0.3) is 0 Å². The van der Waals surface area contributed by atoms with Crippen molar-refractivity contribution in [3.05, 3.63) is 70.6 Å². The molecule has 0 saturated heterocycles. The molecule has 1 amide bonds. The Morgan fingerprint density at radius 1 is 1.21 bits per heavy atom. The van der Waals surface area contributed by atoms with Crippen LogP contribution >= 0.6 is 0 Å². The minimum absolute atomic E-state index is 0.0676. The maximum atomic E-state index is 13.2. The number of ketones is 1. The average molecular weight is 604 g/mol. The van der Waals surface area contributed by atoms with Crippen molar-refractivity contribution in [1.82, 2.24) is 4.90 Å². The fourth-order valence-electron chi connectivity index (χ4n) is 6.99. The molecule has 4 atom stereocenters. The predicted molar refractivity (Wildman–Crippen MR) is 158 cm³/mol. The van der Waals surface area contributed by atoms with Crippen LogP contribution < -0.4 is 0 Å². The number of Topliss-reactive ketones (excluding diaryl/α,β-unsaturated/α-hetero) is 1. The van der Waals surface area contributed by atoms with E-state index < -0.39 is 29.3 Å². The molecule has 6 nitrogen and oxygen atoms in total. The first-order valence-electron chi connectivity index (χ1n) is 15.3. The molecular formula is C34H44F3NO5. The van der Waals surface area contributed by atoms with Gasteiger partial charge in [-0.3, -0.25) is 9.59 Å². The highest BCUT2D eigenvalue weighted by Gasteiger charge is 2.48. The summed E-state index contributed by atoms with van der Waals surface area (Å²) in [6, 6.07) is -0.608. The van der Waals surface area contributed by atoms with Crippen molar-refractivity contribution >= 4 is 11.7 Å². The lowest BCUT2D eigenvalue weighted by molar-refractivity contribution is -0.186. The molecule has 0 aromatic rings. The van der Waals surface area contributed by atoms with Crippen LogP contribution in [0.2, 0.25) is 0 Å². The fourth-order valence-corrected chi connectivity index (χ4v) is 6.99. The van der Waals surface area contributed by atoms with Crippen LogP contribution in [0.3, 0.4) is 0 Å². The Morgan fingerprint density at radius 2 is 1.95 bits per heavy atom. The average Bonchev–Trinajstić information content (AvgIpc) is 3.16. The van der Waals surface area contributed by atoms with Gasteiger partial charge in [-0.05, 0) is 99.7 Å². The van der Waals surface area contributed by atoms with Gasteiger partial charge in [0.05, 0.1) is 17.8 Å². The summed E-state index contributed by atoms with van der Waals surface area (Å²) in [5, 5.41) is 10.8. The number of rotatable bonds is 10. The lowest BCUT2D eigenvalue weighted by Gasteiger charge is -2.46. The highest BCUT2D eigenvalue weighted by atomic mass is 19.4. The number of carbonyl (C=O) groups is 2. The number of hydrogen-bond acceptors (Lipinski definition) is 5. The molecule has 0 aliphatic heterocycles. The molecule has 4 aliphatic rings. The quantitative estimate of drug-likeness (QED) is 0.275. The van der Waals surface area contributed by atoms with E-state index in [9.17, 15) is 27.9 Å². The van der Waals surface area contributed by atoms with Crippen LogP contribution in [0.1, 0.15) is 73.1 Å². The Bertz CT molecular complexity index is 1290. The van der Waals surface area contributed by atoms with E-state index in [1.807, 2.05) is 19.1 Å². The molecule has 0 bridgehead atoms. The summed E-state index contributed by atoms with van der Waals surface area (Å²) >= 11 is 0. The van der Waals surface area contributed by atoms with E-state index in [1.54, 1.807) is 45.1 Å². The Labute approximate surface area is 252 Å². The molecule has 0 heterocycles. The number of alkyl halides is 3. The van der Waals surface area contributed by atoms with Gasteiger partial charge in [0, 0.05) is 32.0 Å². The number of nitrogens with zero attached hydrogens (tertiary/aromatic N) is 1. The molecule has 1 N–H and O–H groups in total. The molecule has 0 spiro atoms. The molecule has 4 rings (SSSR count). The lowest BCUT2D eigenvalue weighted by atomic mass is 9.57. The summed E-state index contributed by atoms with van der Waals surface area (Å²) in [6.07, 6.45) is 11.9. The van der Waals surface area contributed by atoms with Crippen molar-refractivity contribution in [1.29, 1.82) is 0 Å². The number of halogens is 3. The summed E-state index contributed by atoms with van der Waals surface area (Å²) in [5.41, 5.74) is 3.59. The first kappa shape index (κ1) is 33.0. The van der Waals surface area contributed by atoms with Gasteiger partial charge in [-0.25, -0.2) is 0 Å². The van der Waals surface area contributed by atoms with E-state index in [4.69, 9.17) is 9.47 Å². The van der Waals surface area contributed by atoms with Gasteiger partial charge in [0.25, 0.3) is 0 Å². The van der Waals surface area contributed by atoms with Gasteiger partial charge in [0.15, 0.2) is 5.79 Å². The first-order chi connectivity index (χ1) is 20.2. The van der Waals surface area contributed by atoms with Gasteiger partial charge < -0.3 is 19.5 Å². The van der Waals surface area contributed by atoms with Crippen LogP contribution in [-0.2, 0) is 19.1 Å². The first-order valence-corrected chi connectivity index (χ1v) is 15.3. The van der Waals surface area contributed by atoms with E-state index >= 15 is 0 Å². The highest BCUT2D eigenvalue weighted by molar-refractivity contribution is 5.85. The molecule has 43 heavy (non-hydrogen) atoms. The third-order valence-electron chi connectivity index (χ3n) is 9.46. The Balaban J connectivity index is 1.43. The minimum Gasteiger partial charge on any atom is -0.498 e. The van der Waals surface area contributed by atoms with Crippen molar-refractivity contribution in [2.24, 2.45) is 17.3 Å². The van der Waals surface area contributed by atoms with Gasteiger partial charge in [-0.2, -0.15) is 13.2 Å². The number of allylic oxidation sites excluding steroid dienone is 8. The zero-order valence-electron chi connectivity index (χ0n) is 25.8. The molecule has 0 fully saturated rings. The van der Waals surface area contributed by atoms with Crippen LogP contribution in [0.5, 0.6) is 0 Å². The maximum Gasteiger partial charge on any atom is 0.471 e. The van der Waals surface area contributed by atoms with Gasteiger partial charge >= 0.3 is 12.1 Å². The standard InChI is InChI=1S/C34H44F3NO5/c1-6-43-33(41)17-15-29-26(20-33)11-13-28-23(4)32(24(5)39,16-14-30(28)29)18-19-42-27-9-7-8-25(10-12-27)21-38(22(2)3)31(40)34(35,36)37/h7-10,14,16,20,22-23,28,41H,6,11-13,15,17-19,21H2,1-5H3. The van der Waals surface area contributed by atoms with Crippen molar-refractivity contribution in [3.8, 4) is 0 Å². The Hall–Kier alpha value is -2.91. The van der Waals surface area contributed by atoms with E-state index in [1.165, 1.54) is 11.1 Å². The number of fused-ring (bicyclic) bond motifs is 2. The van der Waals surface area contributed by atoms with E-state index in [2.05, 4.69) is 13.0 Å². The normalized spacial score (nSPS) is 28.8. The Morgan fingerprint density at radius 3 is 2.60 bits per heavy atom. The smallest absolute Gasteiger partial charge is 0.471 e. The molecule has 236 valence electrons. The van der Waals surface area contributed by atoms with Gasteiger partial charge in [0.2, 0.25) is 0 Å². The third-order valence-corrected chi connectivity index (χ3v) is 9.46. The largest absolute Gasteiger partial charge is 0.498 e. The summed E-state index contributed by atoms with van der Waals surface area (Å²) in [4.78, 5) is 25.9. The number of aliphatic hydroxyl groups is 1. The summed E-state index contributed by atoms with van der Waals surface area (Å²) in [7, 11) is 0. The monoisotopic (exact) mass is 603 g/mol. The third kappa shape index (κ3) is 7.09. The zero-order valence-corrected chi connectivity index (χ0v) is 25.8. The topological polar surface area (TPSA) is 76.1 Å². The second kappa shape index (κ2) is 13.0. The van der Waals surface area contributed by atoms with Crippen molar-refractivity contribution in [3.63, 3.8) is 0 Å². The molecule has 4 aliphatic carbocycles. The van der Waals surface area contributed by atoms with Crippen LogP contribution in [-0.4, -0.2) is 59.5 Å². The summed E-state index contributed by atoms with van der Waals surface area (Å²) < 4.78 is 51.0. The number of ether oxygens (including phenoxy) is 2. The summed E-state index contributed by atoms with van der Waals surface area (Å²) in [6.45, 7) is 9.39. The van der Waals surface area contributed by atoms with Gasteiger partial charge in [0.1, 0.15) is 5.78 Å². The highest BCUT2D eigenvalue weighted by Crippen LogP contribution is 2.53. The molecule has 9 heteroatoms. The Kier molecular flexibility index (Phi) is 9.96. The van der Waals surface area contributed by atoms with Gasteiger partial charge in [-0.1, -0.05) is 37.3 Å². The summed E-state index contributed by atoms with van der Waals surface area (Å²) in [5.74, 6) is -2.02.